The van der Waals surface area contributed by atoms with Crippen molar-refractivity contribution in [2.24, 2.45) is 0 Å². The molecule has 2 aliphatic rings. The lowest BCUT2D eigenvalue weighted by molar-refractivity contribution is -0.0837. The molecule has 0 radical (unpaired) electrons. The summed E-state index contributed by atoms with van der Waals surface area (Å²) in [6.45, 7) is 9.26. The minimum Gasteiger partial charge on any atom is -0.487 e. The zero-order chi connectivity index (χ0) is 33.6. The summed E-state index contributed by atoms with van der Waals surface area (Å²) in [7, 11) is 0. The third kappa shape index (κ3) is 7.89. The predicted molar refractivity (Wildman–Crippen MR) is 175 cm³/mol. The van der Waals surface area contributed by atoms with E-state index in [2.05, 4.69) is 46.5 Å². The van der Waals surface area contributed by atoms with Crippen LogP contribution in [0.2, 0.25) is 0 Å². The number of nitrogens with one attached hydrogen (secondary N) is 1. The van der Waals surface area contributed by atoms with Crippen molar-refractivity contribution in [1.29, 1.82) is 5.26 Å². The van der Waals surface area contributed by atoms with E-state index in [1.807, 2.05) is 25.3 Å². The molecule has 2 N–H and O–H groups in total. The van der Waals surface area contributed by atoms with Gasteiger partial charge in [-0.3, -0.25) is 4.90 Å². The maximum Gasteiger partial charge on any atom is 0.257 e. The van der Waals surface area contributed by atoms with Gasteiger partial charge < -0.3 is 24.6 Å². The van der Waals surface area contributed by atoms with Crippen molar-refractivity contribution >= 4 is 11.6 Å². The van der Waals surface area contributed by atoms with E-state index in [9.17, 15) is 10.4 Å². The Kier molecular flexibility index (Phi) is 10.1. The largest absolute Gasteiger partial charge is 0.487 e. The van der Waals surface area contributed by atoms with E-state index in [-0.39, 0.29) is 11.8 Å². The summed E-state index contributed by atoms with van der Waals surface area (Å²) in [5.74, 6) is 1.28. The maximum absolute atomic E-state index is 10.3. The maximum atomic E-state index is 10.3. The first kappa shape index (κ1) is 33.3. The minimum absolute atomic E-state index is 0.264. The Morgan fingerprint density at radius 1 is 1.12 bits per heavy atom. The van der Waals surface area contributed by atoms with Gasteiger partial charge in [-0.15, -0.1) is 10.2 Å². The van der Waals surface area contributed by atoms with E-state index in [1.165, 1.54) is 12.7 Å². The standard InChI is InChI=1S/C33H43N11O4/c1-24(21-43-23-37-40-41-43)48-29-17-25(7-8-26(29)18-34)27-19-35-31(36-20-27)38-28-22-44(39-30(28)47-14-11-32(2,3)45)33(9-5-4-6-10-33)42-12-15-46-16-13-42/h7-8,17,19-20,22-24,45H,4-6,9-16,21H2,1-3H3,(H,35,36,38). The van der Waals surface area contributed by atoms with Gasteiger partial charge in [-0.2, -0.15) is 5.26 Å². The van der Waals surface area contributed by atoms with Gasteiger partial charge in [0.2, 0.25) is 5.95 Å². The monoisotopic (exact) mass is 657 g/mol. The summed E-state index contributed by atoms with van der Waals surface area (Å²) < 4.78 is 21.6. The van der Waals surface area contributed by atoms with Gasteiger partial charge in [0.1, 0.15) is 35.6 Å². The lowest BCUT2D eigenvalue weighted by Gasteiger charge is -2.47. The van der Waals surface area contributed by atoms with Crippen molar-refractivity contribution in [2.45, 2.75) is 83.2 Å². The van der Waals surface area contributed by atoms with Gasteiger partial charge in [0.15, 0.2) is 0 Å². The molecular weight excluding hydrogens is 614 g/mol. The number of morpholine rings is 1. The third-order valence-electron chi connectivity index (χ3n) is 8.81. The molecule has 0 amide bonds. The summed E-state index contributed by atoms with van der Waals surface area (Å²) in [6.07, 6.45) is 12.6. The zero-order valence-corrected chi connectivity index (χ0v) is 27.7. The molecule has 4 heterocycles. The number of hydrogen-bond acceptors (Lipinski definition) is 13. The number of anilines is 2. The highest BCUT2D eigenvalue weighted by molar-refractivity contribution is 5.67. The molecule has 0 spiro atoms. The number of aliphatic hydroxyl groups is 1. The first-order chi connectivity index (χ1) is 23.2. The van der Waals surface area contributed by atoms with Crippen LogP contribution in [0.15, 0.2) is 43.1 Å². The van der Waals surface area contributed by atoms with Gasteiger partial charge in [0, 0.05) is 37.5 Å². The van der Waals surface area contributed by atoms with E-state index in [0.29, 0.717) is 61.6 Å². The highest BCUT2D eigenvalue weighted by Crippen LogP contribution is 2.41. The lowest BCUT2D eigenvalue weighted by Crippen LogP contribution is -2.56. The topological polar surface area (TPSA) is 174 Å². The first-order valence-corrected chi connectivity index (χ1v) is 16.5. The summed E-state index contributed by atoms with van der Waals surface area (Å²) in [6, 6.07) is 7.58. The molecule has 1 saturated carbocycles. The quantitative estimate of drug-likeness (QED) is 0.212. The molecule has 15 nitrogen and oxygen atoms in total. The van der Waals surface area contributed by atoms with Crippen LogP contribution in [0, 0.1) is 11.3 Å². The summed E-state index contributed by atoms with van der Waals surface area (Å²) in [5, 5.41) is 39.5. The SMILES string of the molecule is CC(Cn1cnnn1)Oc1cc(-c2cnc(Nc3cn(C4(N5CCOCC5)CCCCC4)nc3OCCC(C)(C)O)nc2)ccc1C#N. The molecule has 1 aromatic carbocycles. The van der Waals surface area contributed by atoms with Crippen LogP contribution in [0.25, 0.3) is 11.1 Å². The predicted octanol–water partition coefficient (Wildman–Crippen LogP) is 3.90. The van der Waals surface area contributed by atoms with E-state index < -0.39 is 5.60 Å². The van der Waals surface area contributed by atoms with Crippen molar-refractivity contribution in [3.8, 4) is 28.8 Å². The fourth-order valence-electron chi connectivity index (χ4n) is 6.28. The molecule has 1 saturated heterocycles. The van der Waals surface area contributed by atoms with Gasteiger partial charge in [0.25, 0.3) is 5.88 Å². The first-order valence-electron chi connectivity index (χ1n) is 16.5. The smallest absolute Gasteiger partial charge is 0.257 e. The summed E-state index contributed by atoms with van der Waals surface area (Å²) >= 11 is 0. The normalized spacial score (nSPS) is 17.4. The number of rotatable bonds is 13. The van der Waals surface area contributed by atoms with E-state index in [4.69, 9.17) is 19.3 Å². The molecule has 15 heteroatoms. The van der Waals surface area contributed by atoms with Crippen LogP contribution in [-0.4, -0.2) is 94.6 Å². The Hall–Kier alpha value is -4.65. The molecule has 1 aliphatic heterocycles. The van der Waals surface area contributed by atoms with Gasteiger partial charge in [-0.05, 0) is 74.6 Å². The minimum atomic E-state index is -0.864. The average molecular weight is 658 g/mol. The Morgan fingerprint density at radius 3 is 2.58 bits per heavy atom. The molecule has 1 atom stereocenters. The molecule has 0 bridgehead atoms. The average Bonchev–Trinajstić information content (AvgIpc) is 3.75. The van der Waals surface area contributed by atoms with Gasteiger partial charge >= 0.3 is 0 Å². The number of aromatic nitrogens is 8. The number of benzene rings is 1. The van der Waals surface area contributed by atoms with Crippen molar-refractivity contribution in [2.75, 3.05) is 38.2 Å². The van der Waals surface area contributed by atoms with E-state index in [0.717, 1.165) is 49.9 Å². The molecule has 2 fully saturated rings. The van der Waals surface area contributed by atoms with Crippen molar-refractivity contribution in [3.63, 3.8) is 0 Å². The fourth-order valence-corrected chi connectivity index (χ4v) is 6.28. The number of nitrogens with zero attached hydrogens (tertiary/aromatic N) is 10. The van der Waals surface area contributed by atoms with Crippen LogP contribution in [0.3, 0.4) is 0 Å². The third-order valence-corrected chi connectivity index (χ3v) is 8.81. The summed E-state index contributed by atoms with van der Waals surface area (Å²) in [4.78, 5) is 11.7. The second-order valence-electron chi connectivity index (χ2n) is 13.0. The molecule has 3 aromatic heterocycles. The number of nitriles is 1. The van der Waals surface area contributed by atoms with Crippen LogP contribution in [0.5, 0.6) is 11.6 Å². The lowest BCUT2D eigenvalue weighted by atomic mass is 9.87. The zero-order valence-electron chi connectivity index (χ0n) is 27.7. The highest BCUT2D eigenvalue weighted by atomic mass is 16.5. The van der Waals surface area contributed by atoms with Crippen LogP contribution in [0.4, 0.5) is 11.6 Å². The van der Waals surface area contributed by atoms with Crippen LogP contribution in [-0.2, 0) is 16.9 Å². The Balaban J connectivity index is 1.23. The Bertz CT molecular complexity index is 1670. The highest BCUT2D eigenvalue weighted by Gasteiger charge is 2.42. The van der Waals surface area contributed by atoms with Gasteiger partial charge in [-0.25, -0.2) is 19.3 Å². The molecular formula is C33H43N11O4. The molecule has 1 aliphatic carbocycles. The molecule has 1 unspecified atom stereocenters. The van der Waals surface area contributed by atoms with Crippen LogP contribution < -0.4 is 14.8 Å². The Labute approximate surface area is 279 Å². The van der Waals surface area contributed by atoms with E-state index >= 15 is 0 Å². The fraction of sp³-hybridized carbons (Fsp3) is 0.545. The van der Waals surface area contributed by atoms with Crippen molar-refractivity contribution in [1.82, 2.24) is 44.9 Å². The summed E-state index contributed by atoms with van der Waals surface area (Å²) in [5.41, 5.74) is 1.51. The van der Waals surface area contributed by atoms with Crippen LogP contribution in [0.1, 0.15) is 64.9 Å². The van der Waals surface area contributed by atoms with Gasteiger partial charge in [-0.1, -0.05) is 12.5 Å². The molecule has 254 valence electrons. The van der Waals surface area contributed by atoms with Gasteiger partial charge in [0.05, 0.1) is 43.7 Å². The molecule has 6 rings (SSSR count). The number of ether oxygens (including phenoxy) is 3. The van der Waals surface area contributed by atoms with Crippen LogP contribution >= 0.6 is 0 Å². The molecule has 4 aromatic rings. The second-order valence-corrected chi connectivity index (χ2v) is 13.0. The Morgan fingerprint density at radius 2 is 1.90 bits per heavy atom. The number of hydrogen-bond donors (Lipinski definition) is 2. The van der Waals surface area contributed by atoms with Crippen molar-refractivity contribution < 1.29 is 19.3 Å². The molecule has 48 heavy (non-hydrogen) atoms. The second kappa shape index (κ2) is 14.6. The number of tetrazole rings is 1. The van der Waals surface area contributed by atoms with E-state index in [1.54, 1.807) is 37.0 Å². The van der Waals surface area contributed by atoms with Crippen molar-refractivity contribution in [3.05, 3.63) is 48.7 Å².